The van der Waals surface area contributed by atoms with Crippen LogP contribution in [0.5, 0.6) is 0 Å². The molecule has 36 heavy (non-hydrogen) atoms. The average molecular weight is 515 g/mol. The number of nitrogens with one attached hydrogen (secondary N) is 3. The highest BCUT2D eigenvalue weighted by Gasteiger charge is 2.13. The molecule has 1 aromatic carbocycles. The molecule has 2 unspecified atom stereocenters. The molecule has 2 atom stereocenters. The van der Waals surface area contributed by atoms with E-state index in [-0.39, 0.29) is 12.5 Å². The minimum atomic E-state index is 0.239. The quantitative estimate of drug-likeness (QED) is 0.0791. The molecule has 0 radical (unpaired) electrons. The number of amides is 1. The molecule has 202 valence electrons. The summed E-state index contributed by atoms with van der Waals surface area (Å²) >= 11 is 0. The molecule has 0 aliphatic heterocycles. The van der Waals surface area contributed by atoms with Crippen molar-refractivity contribution in [1.29, 1.82) is 0 Å². The number of fused-ring (bicyclic) bond motifs is 1. The number of hydrogen-bond acceptors (Lipinski definition) is 3. The lowest BCUT2D eigenvalue weighted by molar-refractivity contribution is -0.106. The van der Waals surface area contributed by atoms with Crippen molar-refractivity contribution in [2.45, 2.75) is 77.7 Å². The Morgan fingerprint density at radius 2 is 1.83 bits per heavy atom. The van der Waals surface area contributed by atoms with Crippen LogP contribution in [0, 0.1) is 0 Å². The smallest absolute Gasteiger partial charge is 0.204 e. The van der Waals surface area contributed by atoms with Crippen molar-refractivity contribution < 1.29 is 4.79 Å². The summed E-state index contributed by atoms with van der Waals surface area (Å²) in [5.74, 6) is 0. The molecule has 0 fully saturated rings. The van der Waals surface area contributed by atoms with Gasteiger partial charge in [0.05, 0.1) is 6.04 Å². The molecule has 2 rings (SSSR count). The maximum absolute atomic E-state index is 8.58. The first-order valence-corrected chi connectivity index (χ1v) is 15.0. The van der Waals surface area contributed by atoms with E-state index >= 15 is 0 Å². The van der Waals surface area contributed by atoms with Crippen LogP contribution in [0.1, 0.15) is 70.8 Å². The predicted molar refractivity (Wildman–Crippen MR) is 163 cm³/mol. The maximum Gasteiger partial charge on any atom is 0.204 e. The summed E-state index contributed by atoms with van der Waals surface area (Å²) in [6.45, 7) is 19.9. The van der Waals surface area contributed by atoms with Gasteiger partial charge in [0.15, 0.2) is 0 Å². The number of rotatable bonds is 17. The fourth-order valence-corrected chi connectivity index (χ4v) is 4.27. The molecule has 0 aliphatic carbocycles. The van der Waals surface area contributed by atoms with E-state index in [9.17, 15) is 0 Å². The second-order valence-electron chi connectivity index (χ2n) is 8.81. The molecular weight excluding hydrogens is 463 g/mol. The summed E-state index contributed by atoms with van der Waals surface area (Å²) in [6, 6.07) is 8.66. The molecule has 0 aliphatic rings. The van der Waals surface area contributed by atoms with Crippen LogP contribution in [0.25, 0.3) is 10.9 Å². The Morgan fingerprint density at radius 3 is 2.44 bits per heavy atom. The third-order valence-corrected chi connectivity index (χ3v) is 6.47. The van der Waals surface area contributed by atoms with Gasteiger partial charge in [0, 0.05) is 41.5 Å². The number of carbonyl (C=O) groups excluding carboxylic acids is 1. The number of allylic oxidation sites excluding steroid dienone is 2. The van der Waals surface area contributed by atoms with Gasteiger partial charge >= 0.3 is 0 Å². The van der Waals surface area contributed by atoms with Gasteiger partial charge in [0.1, 0.15) is 0 Å². The highest BCUT2D eigenvalue weighted by Crippen LogP contribution is 2.20. The van der Waals surface area contributed by atoms with Crippen molar-refractivity contribution in [2.75, 3.05) is 19.4 Å². The molecule has 6 heteroatoms. The van der Waals surface area contributed by atoms with Gasteiger partial charge in [-0.2, -0.15) is 0 Å². The fraction of sp³-hybridized carbons (Fsp3) is 0.500. The number of primary amides is 1. The first-order chi connectivity index (χ1) is 17.5. The van der Waals surface area contributed by atoms with E-state index in [0.717, 1.165) is 45.8 Å². The van der Waals surface area contributed by atoms with E-state index in [2.05, 4.69) is 92.1 Å². The Labute approximate surface area is 222 Å². The summed E-state index contributed by atoms with van der Waals surface area (Å²) < 4.78 is 0. The van der Waals surface area contributed by atoms with Crippen molar-refractivity contribution in [3.8, 4) is 0 Å². The third kappa shape index (κ3) is 15.5. The molecule has 1 heterocycles. The average Bonchev–Trinajstić information content (AvgIpc) is 3.28. The molecule has 1 amide bonds. The summed E-state index contributed by atoms with van der Waals surface area (Å²) in [7, 11) is 1.09. The fourth-order valence-electron chi connectivity index (χ4n) is 3.77. The van der Waals surface area contributed by atoms with Gasteiger partial charge in [0.2, 0.25) is 6.41 Å². The zero-order valence-electron chi connectivity index (χ0n) is 23.0. The summed E-state index contributed by atoms with van der Waals surface area (Å²) in [6.07, 6.45) is 16.3. The van der Waals surface area contributed by atoms with E-state index < -0.39 is 0 Å². The molecule has 0 bridgehead atoms. The first-order valence-electron chi connectivity index (χ1n) is 13.3. The second-order valence-corrected chi connectivity index (χ2v) is 10.0. The zero-order chi connectivity index (χ0) is 27.0. The molecule has 0 spiro atoms. The Bertz CT molecular complexity index is 862. The predicted octanol–water partition coefficient (Wildman–Crippen LogP) is 7.03. The lowest BCUT2D eigenvalue weighted by Gasteiger charge is -2.24. The summed E-state index contributed by atoms with van der Waals surface area (Å²) in [5.41, 5.74) is 8.77. The summed E-state index contributed by atoms with van der Waals surface area (Å²) in [5, 5.41) is 8.42. The van der Waals surface area contributed by atoms with Crippen LogP contribution in [0.15, 0.2) is 67.7 Å². The second kappa shape index (κ2) is 22.9. The van der Waals surface area contributed by atoms with Crippen molar-refractivity contribution in [3.63, 3.8) is 0 Å². The minimum absolute atomic E-state index is 0.239. The number of H-pyrrole nitrogens is 1. The van der Waals surface area contributed by atoms with Gasteiger partial charge in [-0.1, -0.05) is 83.4 Å². The topological polar surface area (TPSA) is 82.9 Å². The number of aromatic nitrogens is 1. The Kier molecular flexibility index (Phi) is 21.3. The van der Waals surface area contributed by atoms with Crippen LogP contribution in [-0.2, 0) is 11.2 Å². The SMILES string of the molecule is C=C(Cc1c[nH]c2ccccc12)NC(CCC)C(=C)NCCCCCCC.C=CCCPC.NC=O. The largest absolute Gasteiger partial charge is 0.387 e. The lowest BCUT2D eigenvalue weighted by Crippen LogP contribution is -2.36. The number of unbranched alkanes of at least 4 members (excludes halogenated alkanes) is 4. The molecule has 5 N–H and O–H groups in total. The van der Waals surface area contributed by atoms with Crippen molar-refractivity contribution in [2.24, 2.45) is 5.73 Å². The van der Waals surface area contributed by atoms with Crippen LogP contribution >= 0.6 is 8.58 Å². The Morgan fingerprint density at radius 1 is 1.14 bits per heavy atom. The molecule has 2 aromatic rings. The van der Waals surface area contributed by atoms with Crippen LogP contribution in [0.4, 0.5) is 0 Å². The Hall–Kier alpha value is -2.52. The molecular formula is C30H51N4OP. The first kappa shape index (κ1) is 33.5. The van der Waals surface area contributed by atoms with E-state index in [0.29, 0.717) is 0 Å². The van der Waals surface area contributed by atoms with Gasteiger partial charge in [-0.25, -0.2) is 0 Å². The minimum Gasteiger partial charge on any atom is -0.387 e. The lowest BCUT2D eigenvalue weighted by atomic mass is 10.1. The van der Waals surface area contributed by atoms with Crippen LogP contribution in [0.2, 0.25) is 0 Å². The Balaban J connectivity index is 0.00000117. The van der Waals surface area contributed by atoms with Crippen LogP contribution in [0.3, 0.4) is 0 Å². The molecule has 1 aromatic heterocycles. The number of hydrogen-bond donors (Lipinski definition) is 4. The van der Waals surface area contributed by atoms with Gasteiger partial charge in [-0.15, -0.1) is 15.2 Å². The number of carbonyl (C=O) groups is 1. The van der Waals surface area contributed by atoms with E-state index in [1.165, 1.54) is 61.2 Å². The molecule has 0 saturated heterocycles. The van der Waals surface area contributed by atoms with Gasteiger partial charge in [-0.3, -0.25) is 4.79 Å². The maximum atomic E-state index is 8.58. The van der Waals surface area contributed by atoms with Gasteiger partial charge in [-0.05, 0) is 43.7 Å². The summed E-state index contributed by atoms with van der Waals surface area (Å²) in [4.78, 5) is 11.9. The highest BCUT2D eigenvalue weighted by atomic mass is 31.1. The van der Waals surface area contributed by atoms with Crippen molar-refractivity contribution >= 4 is 25.9 Å². The van der Waals surface area contributed by atoms with Crippen molar-refractivity contribution in [3.05, 3.63) is 73.2 Å². The van der Waals surface area contributed by atoms with Crippen LogP contribution in [-0.4, -0.2) is 36.8 Å². The van der Waals surface area contributed by atoms with E-state index in [1.807, 2.05) is 6.08 Å². The zero-order valence-corrected chi connectivity index (χ0v) is 24.0. The molecule has 0 saturated carbocycles. The van der Waals surface area contributed by atoms with Gasteiger partial charge in [0.25, 0.3) is 0 Å². The molecule has 5 nitrogen and oxygen atoms in total. The van der Waals surface area contributed by atoms with Crippen molar-refractivity contribution in [1.82, 2.24) is 15.6 Å². The van der Waals surface area contributed by atoms with Crippen LogP contribution < -0.4 is 16.4 Å². The number of aromatic amines is 1. The number of nitrogens with two attached hydrogens (primary N) is 1. The standard InChI is InChI=1S/C24H37N3.C5H11P.CH3NO/c1-5-7-8-9-12-16-25-20(4)23(13-6-2)27-19(3)17-21-18-26-24-15-11-10-14-22(21)24;1-3-4-5-6-2;2-1-3/h10-11,14-15,18,23,25-27H,3-9,12-13,16-17H2,1-2H3;3,6H,1,4-5H2,2H3;1H,(H2,2,3). The normalized spacial score (nSPS) is 11.1. The van der Waals surface area contributed by atoms with E-state index in [4.69, 9.17) is 4.79 Å². The number of para-hydroxylation sites is 1. The monoisotopic (exact) mass is 514 g/mol. The van der Waals surface area contributed by atoms with Gasteiger partial charge < -0.3 is 21.4 Å². The third-order valence-electron chi connectivity index (χ3n) is 5.69. The number of benzene rings is 1. The van der Waals surface area contributed by atoms with E-state index in [1.54, 1.807) is 0 Å². The highest BCUT2D eigenvalue weighted by molar-refractivity contribution is 7.36.